The van der Waals surface area contributed by atoms with Crippen molar-refractivity contribution in [1.29, 1.82) is 0 Å². The van der Waals surface area contributed by atoms with Crippen molar-refractivity contribution in [3.8, 4) is 11.3 Å². The molecule has 0 bridgehead atoms. The molecule has 0 aliphatic rings. The molecule has 200 valence electrons. The highest BCUT2D eigenvalue weighted by atomic mass is 35.5. The molecule has 0 saturated heterocycles. The average Bonchev–Trinajstić information content (AvgIpc) is 3.76. The summed E-state index contributed by atoms with van der Waals surface area (Å²) in [5.41, 5.74) is 7.14. The molecule has 5 nitrogen and oxygen atoms in total. The van der Waals surface area contributed by atoms with Crippen molar-refractivity contribution in [3.63, 3.8) is 0 Å². The Morgan fingerprint density at radius 1 is 0.732 bits per heavy atom. The molecule has 0 spiro atoms. The van der Waals surface area contributed by atoms with Crippen molar-refractivity contribution in [2.75, 3.05) is 5.32 Å². The van der Waals surface area contributed by atoms with E-state index < -0.39 is 0 Å². The van der Waals surface area contributed by atoms with Crippen LogP contribution in [0.2, 0.25) is 5.02 Å². The molecule has 4 aromatic carbocycles. The number of amides is 1. The number of furan rings is 1. The second-order valence-corrected chi connectivity index (χ2v) is 10.5. The van der Waals surface area contributed by atoms with Crippen molar-refractivity contribution in [1.82, 2.24) is 9.97 Å². The summed E-state index contributed by atoms with van der Waals surface area (Å²) in [5.74, 6) is 0.495. The van der Waals surface area contributed by atoms with Crippen LogP contribution in [0.15, 0.2) is 126 Å². The number of para-hydroxylation sites is 3. The van der Waals surface area contributed by atoms with E-state index in [0.717, 1.165) is 27.8 Å². The number of nitrogens with one attached hydrogen (secondary N) is 3. The summed E-state index contributed by atoms with van der Waals surface area (Å²) in [6.45, 7) is 0. The molecular weight excluding hydrogens is 530 g/mol. The van der Waals surface area contributed by atoms with Crippen LogP contribution in [0.5, 0.6) is 0 Å². The van der Waals surface area contributed by atoms with E-state index in [1.54, 1.807) is 18.2 Å². The summed E-state index contributed by atoms with van der Waals surface area (Å²) in [4.78, 5) is 20.2. The lowest BCUT2D eigenvalue weighted by atomic mass is 9.85. The second-order valence-electron chi connectivity index (χ2n) is 10.1. The molecule has 0 fully saturated rings. The number of H-pyrrole nitrogens is 2. The van der Waals surface area contributed by atoms with Crippen molar-refractivity contribution < 1.29 is 9.21 Å². The Morgan fingerprint density at radius 3 is 2.05 bits per heavy atom. The van der Waals surface area contributed by atoms with Crippen LogP contribution in [-0.2, 0) is 6.42 Å². The summed E-state index contributed by atoms with van der Waals surface area (Å²) in [6, 6.07) is 35.5. The first-order valence-electron chi connectivity index (χ1n) is 13.5. The van der Waals surface area contributed by atoms with Crippen molar-refractivity contribution in [3.05, 3.63) is 149 Å². The molecule has 0 saturated carbocycles. The molecule has 3 aromatic heterocycles. The standard InChI is InChI=1S/C35H26ClN3O2/c36-29-13-5-2-12-25(29)33-17-18-34(41-33)35(40)39-30-14-6-1-9-22(30)19-26(27-20-37-31-15-7-3-10-23(27)31)28-21-38-32-16-8-4-11-24(28)32/h1-18,20-21,26,37-38H,19H2,(H,39,40). The minimum absolute atomic E-state index is 0.0378. The smallest absolute Gasteiger partial charge is 0.291 e. The normalized spacial score (nSPS) is 11.5. The zero-order valence-corrected chi connectivity index (χ0v) is 22.8. The number of carbonyl (C=O) groups excluding carboxylic acids is 1. The summed E-state index contributed by atoms with van der Waals surface area (Å²) in [7, 11) is 0. The quantitative estimate of drug-likeness (QED) is 0.183. The SMILES string of the molecule is O=C(Nc1ccccc1CC(c1c[nH]c2ccccc12)c1c[nH]c2ccccc12)c1ccc(-c2ccccc2Cl)o1. The Hall–Kier alpha value is -5.00. The number of rotatable bonds is 7. The number of carbonyl (C=O) groups is 1. The number of hydrogen-bond acceptors (Lipinski definition) is 2. The van der Waals surface area contributed by atoms with Crippen LogP contribution in [-0.4, -0.2) is 15.9 Å². The highest BCUT2D eigenvalue weighted by Crippen LogP contribution is 2.38. The zero-order valence-electron chi connectivity index (χ0n) is 22.0. The number of aromatic nitrogens is 2. The summed E-state index contributed by atoms with van der Waals surface area (Å²) in [6.07, 6.45) is 4.90. The van der Waals surface area contributed by atoms with Crippen LogP contribution in [0.3, 0.4) is 0 Å². The number of benzene rings is 4. The van der Waals surface area contributed by atoms with Crippen molar-refractivity contribution in [2.24, 2.45) is 0 Å². The van der Waals surface area contributed by atoms with Gasteiger partial charge in [-0.3, -0.25) is 4.79 Å². The van der Waals surface area contributed by atoms with Gasteiger partial charge in [-0.25, -0.2) is 0 Å². The fourth-order valence-electron chi connectivity index (χ4n) is 5.64. The molecule has 7 aromatic rings. The highest BCUT2D eigenvalue weighted by molar-refractivity contribution is 6.33. The number of halogens is 1. The molecule has 0 aliphatic heterocycles. The van der Waals surface area contributed by atoms with E-state index in [1.807, 2.05) is 48.5 Å². The van der Waals surface area contributed by atoms with Gasteiger partial charge < -0.3 is 19.7 Å². The summed E-state index contributed by atoms with van der Waals surface area (Å²) >= 11 is 6.34. The van der Waals surface area contributed by atoms with Gasteiger partial charge in [0.05, 0.1) is 5.02 Å². The average molecular weight is 556 g/mol. The van der Waals surface area contributed by atoms with Crippen LogP contribution in [0.4, 0.5) is 5.69 Å². The minimum Gasteiger partial charge on any atom is -0.451 e. The molecule has 0 atom stereocenters. The second kappa shape index (κ2) is 10.5. The van der Waals surface area contributed by atoms with Gasteiger partial charge in [-0.05, 0) is 65.6 Å². The van der Waals surface area contributed by atoms with Crippen molar-refractivity contribution in [2.45, 2.75) is 12.3 Å². The molecule has 0 radical (unpaired) electrons. The van der Waals surface area contributed by atoms with E-state index in [9.17, 15) is 4.79 Å². The molecule has 41 heavy (non-hydrogen) atoms. The van der Waals surface area contributed by atoms with Gasteiger partial charge in [-0.1, -0.05) is 78.3 Å². The van der Waals surface area contributed by atoms with E-state index in [-0.39, 0.29) is 17.6 Å². The molecular formula is C35H26ClN3O2. The third-order valence-electron chi connectivity index (χ3n) is 7.65. The van der Waals surface area contributed by atoms with Crippen LogP contribution in [0, 0.1) is 0 Å². The number of fused-ring (bicyclic) bond motifs is 2. The first-order chi connectivity index (χ1) is 20.2. The monoisotopic (exact) mass is 555 g/mol. The van der Waals surface area contributed by atoms with Gasteiger partial charge >= 0.3 is 0 Å². The van der Waals surface area contributed by atoms with Crippen LogP contribution in [0.1, 0.15) is 33.2 Å². The lowest BCUT2D eigenvalue weighted by Gasteiger charge is -2.19. The van der Waals surface area contributed by atoms with Gasteiger partial charge in [0, 0.05) is 51.4 Å². The molecule has 6 heteroatoms. The highest BCUT2D eigenvalue weighted by Gasteiger charge is 2.24. The van der Waals surface area contributed by atoms with Crippen LogP contribution < -0.4 is 5.32 Å². The van der Waals surface area contributed by atoms with E-state index in [1.165, 1.54) is 21.9 Å². The first-order valence-corrected chi connectivity index (χ1v) is 13.9. The van der Waals surface area contributed by atoms with Gasteiger partial charge in [-0.2, -0.15) is 0 Å². The van der Waals surface area contributed by atoms with E-state index >= 15 is 0 Å². The predicted molar refractivity (Wildman–Crippen MR) is 166 cm³/mol. The zero-order chi connectivity index (χ0) is 27.8. The van der Waals surface area contributed by atoms with Crippen LogP contribution in [0.25, 0.3) is 33.1 Å². The van der Waals surface area contributed by atoms with Gasteiger partial charge in [0.15, 0.2) is 5.76 Å². The molecule has 7 rings (SSSR count). The number of hydrogen-bond donors (Lipinski definition) is 3. The lowest BCUT2D eigenvalue weighted by molar-refractivity contribution is 0.0997. The fraction of sp³-hybridized carbons (Fsp3) is 0.0571. The maximum absolute atomic E-state index is 13.3. The Balaban J connectivity index is 1.24. The van der Waals surface area contributed by atoms with Crippen molar-refractivity contribution >= 4 is 45.0 Å². The Morgan fingerprint density at radius 2 is 1.34 bits per heavy atom. The first kappa shape index (κ1) is 25.0. The predicted octanol–water partition coefficient (Wildman–Crippen LogP) is 9.19. The van der Waals surface area contributed by atoms with E-state index in [4.69, 9.17) is 16.0 Å². The lowest BCUT2D eigenvalue weighted by Crippen LogP contribution is -2.14. The molecule has 0 aliphatic carbocycles. The van der Waals surface area contributed by atoms with Gasteiger partial charge in [0.2, 0.25) is 0 Å². The Labute approximate surface area is 241 Å². The largest absolute Gasteiger partial charge is 0.451 e. The molecule has 0 unspecified atom stereocenters. The van der Waals surface area contributed by atoms with Crippen LogP contribution >= 0.6 is 11.6 Å². The molecule has 3 N–H and O–H groups in total. The van der Waals surface area contributed by atoms with E-state index in [0.29, 0.717) is 17.2 Å². The van der Waals surface area contributed by atoms with Gasteiger partial charge in [0.25, 0.3) is 5.91 Å². The maximum atomic E-state index is 13.3. The summed E-state index contributed by atoms with van der Waals surface area (Å²) < 4.78 is 5.91. The topological polar surface area (TPSA) is 73.8 Å². The minimum atomic E-state index is -0.313. The third kappa shape index (κ3) is 4.71. The molecule has 3 heterocycles. The van der Waals surface area contributed by atoms with Gasteiger partial charge in [0.1, 0.15) is 5.76 Å². The summed E-state index contributed by atoms with van der Waals surface area (Å²) in [5, 5.41) is 6.04. The Bertz CT molecular complexity index is 1940. The van der Waals surface area contributed by atoms with Gasteiger partial charge in [-0.15, -0.1) is 0 Å². The maximum Gasteiger partial charge on any atom is 0.291 e. The molecule has 1 amide bonds. The number of anilines is 1. The number of aromatic amines is 2. The fourth-order valence-corrected chi connectivity index (χ4v) is 5.87. The Kier molecular flexibility index (Phi) is 6.42. The van der Waals surface area contributed by atoms with E-state index in [2.05, 4.69) is 70.1 Å². The third-order valence-corrected chi connectivity index (χ3v) is 7.98.